The Kier molecular flexibility index (Phi) is 3.97. The zero-order valence-corrected chi connectivity index (χ0v) is 12.1. The number of pyridine rings is 1. The highest BCUT2D eigenvalue weighted by Gasteiger charge is 2.27. The number of nitrogens with one attached hydrogen (secondary N) is 1. The molecule has 1 N–H and O–H groups in total. The lowest BCUT2D eigenvalue weighted by molar-refractivity contribution is -0.133. The van der Waals surface area contributed by atoms with Crippen molar-refractivity contribution >= 4 is 5.91 Å². The molecule has 0 fully saturated rings. The van der Waals surface area contributed by atoms with Gasteiger partial charge in [-0.15, -0.1) is 0 Å². The summed E-state index contributed by atoms with van der Waals surface area (Å²) in [7, 11) is 1.85. The van der Waals surface area contributed by atoms with Crippen molar-refractivity contribution < 1.29 is 4.79 Å². The molecule has 0 saturated heterocycles. The summed E-state index contributed by atoms with van der Waals surface area (Å²) in [5.41, 5.74) is 3.46. The summed E-state index contributed by atoms with van der Waals surface area (Å²) in [6.07, 6.45) is 4.48. The third kappa shape index (κ3) is 2.95. The molecule has 1 aliphatic heterocycles. The van der Waals surface area contributed by atoms with E-state index < -0.39 is 0 Å². The van der Waals surface area contributed by atoms with E-state index in [1.165, 1.54) is 5.56 Å². The molecule has 0 aliphatic carbocycles. The van der Waals surface area contributed by atoms with Crippen molar-refractivity contribution in [3.63, 3.8) is 0 Å². The minimum Gasteiger partial charge on any atom is -0.340 e. The first-order chi connectivity index (χ1) is 10.3. The molecule has 2 aromatic rings. The number of aromatic nitrogens is 1. The molecule has 3 rings (SSSR count). The molecule has 2 heterocycles. The second-order valence-corrected chi connectivity index (χ2v) is 5.39. The van der Waals surface area contributed by atoms with E-state index in [1.807, 2.05) is 37.4 Å². The second-order valence-electron chi connectivity index (χ2n) is 5.39. The fraction of sp³-hybridized carbons (Fsp3) is 0.294. The topological polar surface area (TPSA) is 45.2 Å². The van der Waals surface area contributed by atoms with Crippen molar-refractivity contribution in [1.82, 2.24) is 15.2 Å². The molecular weight excluding hydrogens is 262 g/mol. The Morgan fingerprint density at radius 2 is 2.05 bits per heavy atom. The summed E-state index contributed by atoms with van der Waals surface area (Å²) in [6.45, 7) is 1.44. The first-order valence-electron chi connectivity index (χ1n) is 7.21. The highest BCUT2D eigenvalue weighted by atomic mass is 16.2. The van der Waals surface area contributed by atoms with Gasteiger partial charge in [0.1, 0.15) is 6.04 Å². The molecule has 4 heteroatoms. The SMILES string of the molecule is CN(Cc1ccncc1)C(=O)C1NCCc2ccccc21. The molecule has 0 bridgehead atoms. The summed E-state index contributed by atoms with van der Waals surface area (Å²) >= 11 is 0. The van der Waals surface area contributed by atoms with Gasteiger partial charge in [0.05, 0.1) is 0 Å². The van der Waals surface area contributed by atoms with Crippen LogP contribution in [0.3, 0.4) is 0 Å². The normalized spacial score (nSPS) is 17.1. The van der Waals surface area contributed by atoms with E-state index in [4.69, 9.17) is 0 Å². The van der Waals surface area contributed by atoms with Gasteiger partial charge >= 0.3 is 0 Å². The number of carbonyl (C=O) groups is 1. The van der Waals surface area contributed by atoms with Gasteiger partial charge in [0, 0.05) is 32.5 Å². The van der Waals surface area contributed by atoms with Crippen molar-refractivity contribution in [3.05, 3.63) is 65.5 Å². The molecule has 0 spiro atoms. The van der Waals surface area contributed by atoms with Crippen molar-refractivity contribution in [1.29, 1.82) is 0 Å². The van der Waals surface area contributed by atoms with Gasteiger partial charge in [0.2, 0.25) is 5.91 Å². The van der Waals surface area contributed by atoms with Crippen LogP contribution < -0.4 is 5.32 Å². The molecular formula is C17H19N3O. The van der Waals surface area contributed by atoms with Gasteiger partial charge in [-0.25, -0.2) is 0 Å². The number of rotatable bonds is 3. The highest BCUT2D eigenvalue weighted by Crippen LogP contribution is 2.24. The molecule has 1 aromatic carbocycles. The van der Waals surface area contributed by atoms with Crippen LogP contribution in [-0.4, -0.2) is 29.4 Å². The average molecular weight is 281 g/mol. The van der Waals surface area contributed by atoms with Gasteiger partial charge in [-0.05, 0) is 35.2 Å². The fourth-order valence-electron chi connectivity index (χ4n) is 2.79. The number of likely N-dealkylation sites (N-methyl/N-ethyl adjacent to an activating group) is 1. The first kappa shape index (κ1) is 13.8. The third-order valence-electron chi connectivity index (χ3n) is 3.90. The zero-order valence-electron chi connectivity index (χ0n) is 12.1. The van der Waals surface area contributed by atoms with Crippen molar-refractivity contribution in [2.45, 2.75) is 19.0 Å². The molecule has 4 nitrogen and oxygen atoms in total. The molecule has 1 aliphatic rings. The van der Waals surface area contributed by atoms with Gasteiger partial charge in [-0.3, -0.25) is 9.78 Å². The standard InChI is InChI=1S/C17H19N3O/c1-20(12-13-6-9-18-10-7-13)17(21)16-15-5-3-2-4-14(15)8-11-19-16/h2-7,9-10,16,19H,8,11-12H2,1H3. The molecule has 21 heavy (non-hydrogen) atoms. The number of benzene rings is 1. The lowest BCUT2D eigenvalue weighted by atomic mass is 9.93. The molecule has 108 valence electrons. The largest absolute Gasteiger partial charge is 0.340 e. The summed E-state index contributed by atoms with van der Waals surface area (Å²) in [5, 5.41) is 3.34. The van der Waals surface area contributed by atoms with E-state index in [-0.39, 0.29) is 11.9 Å². The fourth-order valence-corrected chi connectivity index (χ4v) is 2.79. The van der Waals surface area contributed by atoms with Crippen LogP contribution in [0.4, 0.5) is 0 Å². The lowest BCUT2D eigenvalue weighted by Crippen LogP contribution is -2.42. The van der Waals surface area contributed by atoms with E-state index in [0.29, 0.717) is 6.54 Å². The predicted octanol–water partition coefficient (Wildman–Crippen LogP) is 1.93. The van der Waals surface area contributed by atoms with E-state index >= 15 is 0 Å². The monoisotopic (exact) mass is 281 g/mol. The second kappa shape index (κ2) is 6.06. The Bertz CT molecular complexity index is 627. The number of carbonyl (C=O) groups excluding carboxylic acids is 1. The lowest BCUT2D eigenvalue weighted by Gasteiger charge is -2.29. The van der Waals surface area contributed by atoms with Crippen LogP contribution >= 0.6 is 0 Å². The summed E-state index contributed by atoms with van der Waals surface area (Å²) in [5.74, 6) is 0.110. The first-order valence-corrected chi connectivity index (χ1v) is 7.21. The Labute approximate surface area is 124 Å². The van der Waals surface area contributed by atoms with Crippen LogP contribution in [0, 0.1) is 0 Å². The average Bonchev–Trinajstić information content (AvgIpc) is 2.54. The molecule has 0 saturated carbocycles. The van der Waals surface area contributed by atoms with Crippen LogP contribution in [0.1, 0.15) is 22.7 Å². The minimum atomic E-state index is -0.234. The van der Waals surface area contributed by atoms with Crippen LogP contribution in [-0.2, 0) is 17.8 Å². The summed E-state index contributed by atoms with van der Waals surface area (Å²) in [4.78, 5) is 18.5. The van der Waals surface area contributed by atoms with Gasteiger partial charge in [-0.1, -0.05) is 24.3 Å². The van der Waals surface area contributed by atoms with Gasteiger partial charge in [-0.2, -0.15) is 0 Å². The number of amides is 1. The van der Waals surface area contributed by atoms with Crippen molar-refractivity contribution in [3.8, 4) is 0 Å². The molecule has 1 unspecified atom stereocenters. The van der Waals surface area contributed by atoms with E-state index in [1.54, 1.807) is 17.3 Å². The van der Waals surface area contributed by atoms with E-state index in [2.05, 4.69) is 16.4 Å². The predicted molar refractivity (Wildman–Crippen MR) is 81.6 cm³/mol. The molecule has 0 radical (unpaired) electrons. The number of hydrogen-bond acceptors (Lipinski definition) is 3. The van der Waals surface area contributed by atoms with E-state index in [9.17, 15) is 4.79 Å². The molecule has 1 amide bonds. The quantitative estimate of drug-likeness (QED) is 0.935. The van der Waals surface area contributed by atoms with Crippen molar-refractivity contribution in [2.75, 3.05) is 13.6 Å². The van der Waals surface area contributed by atoms with Crippen LogP contribution in [0.2, 0.25) is 0 Å². The summed E-state index contributed by atoms with van der Waals surface area (Å²) in [6, 6.07) is 11.8. The zero-order chi connectivity index (χ0) is 14.7. The Morgan fingerprint density at radius 3 is 2.86 bits per heavy atom. The van der Waals surface area contributed by atoms with Crippen LogP contribution in [0.15, 0.2) is 48.8 Å². The number of fused-ring (bicyclic) bond motifs is 1. The van der Waals surface area contributed by atoms with Gasteiger partial charge in [0.25, 0.3) is 0 Å². The third-order valence-corrected chi connectivity index (χ3v) is 3.90. The van der Waals surface area contributed by atoms with E-state index in [0.717, 1.165) is 24.1 Å². The van der Waals surface area contributed by atoms with Crippen molar-refractivity contribution in [2.24, 2.45) is 0 Å². The Balaban J connectivity index is 1.77. The highest BCUT2D eigenvalue weighted by molar-refractivity contribution is 5.83. The maximum Gasteiger partial charge on any atom is 0.244 e. The number of nitrogens with zero attached hydrogens (tertiary/aromatic N) is 2. The minimum absolute atomic E-state index is 0.110. The summed E-state index contributed by atoms with van der Waals surface area (Å²) < 4.78 is 0. The maximum absolute atomic E-state index is 12.7. The molecule has 1 atom stereocenters. The Morgan fingerprint density at radius 1 is 1.29 bits per heavy atom. The van der Waals surface area contributed by atoms with Crippen LogP contribution in [0.25, 0.3) is 0 Å². The van der Waals surface area contributed by atoms with Crippen LogP contribution in [0.5, 0.6) is 0 Å². The smallest absolute Gasteiger partial charge is 0.244 e. The maximum atomic E-state index is 12.7. The number of hydrogen-bond donors (Lipinski definition) is 1. The van der Waals surface area contributed by atoms with Gasteiger partial charge < -0.3 is 10.2 Å². The Hall–Kier alpha value is -2.20. The van der Waals surface area contributed by atoms with Gasteiger partial charge in [0.15, 0.2) is 0 Å². The molecule has 1 aromatic heterocycles.